The van der Waals surface area contributed by atoms with Crippen molar-refractivity contribution in [2.24, 2.45) is 5.92 Å². The van der Waals surface area contributed by atoms with Gasteiger partial charge in [-0.2, -0.15) is 0 Å². The standard InChI is InChI=1S/C26H34N2O4/c1-19(2)17-28(20-15-16-27(18-20)25(30)32-26(3,4)5)24(29)22-13-9-10-14-23(22)31-21-11-7-6-8-12-21/h6-14,19-20H,15-18H2,1-5H3/t20-/m0/s1. The highest BCUT2D eigenvalue weighted by Crippen LogP contribution is 2.28. The third-order valence-electron chi connectivity index (χ3n) is 5.17. The van der Waals surface area contributed by atoms with Gasteiger partial charge in [0, 0.05) is 19.6 Å². The van der Waals surface area contributed by atoms with Crippen LogP contribution in [0.15, 0.2) is 54.6 Å². The van der Waals surface area contributed by atoms with Crippen molar-refractivity contribution in [2.45, 2.75) is 52.7 Å². The maximum absolute atomic E-state index is 13.7. The van der Waals surface area contributed by atoms with E-state index in [4.69, 9.17) is 9.47 Å². The van der Waals surface area contributed by atoms with E-state index in [1.54, 1.807) is 11.0 Å². The number of ether oxygens (including phenoxy) is 2. The van der Waals surface area contributed by atoms with Crippen LogP contribution in [0, 0.1) is 5.92 Å². The first kappa shape index (κ1) is 23.6. The van der Waals surface area contributed by atoms with Crippen LogP contribution in [0.5, 0.6) is 11.5 Å². The molecule has 1 heterocycles. The quantitative estimate of drug-likeness (QED) is 0.590. The molecule has 1 aliphatic rings. The number of benzene rings is 2. The summed E-state index contributed by atoms with van der Waals surface area (Å²) >= 11 is 0. The Morgan fingerprint density at radius 1 is 1.06 bits per heavy atom. The molecule has 0 N–H and O–H groups in total. The van der Waals surface area contributed by atoms with E-state index in [2.05, 4.69) is 13.8 Å². The molecule has 1 atom stereocenters. The highest BCUT2D eigenvalue weighted by Gasteiger charge is 2.36. The van der Waals surface area contributed by atoms with Gasteiger partial charge in [-0.15, -0.1) is 0 Å². The molecule has 1 saturated heterocycles. The van der Waals surface area contributed by atoms with Crippen LogP contribution in [0.3, 0.4) is 0 Å². The fourth-order valence-electron chi connectivity index (χ4n) is 3.78. The van der Waals surface area contributed by atoms with Crippen molar-refractivity contribution in [1.82, 2.24) is 9.80 Å². The van der Waals surface area contributed by atoms with E-state index in [1.807, 2.05) is 74.2 Å². The molecule has 1 aliphatic heterocycles. The Kier molecular flexibility index (Phi) is 7.44. The Morgan fingerprint density at radius 3 is 2.38 bits per heavy atom. The van der Waals surface area contributed by atoms with Crippen LogP contribution in [0.2, 0.25) is 0 Å². The number of hydrogen-bond donors (Lipinski definition) is 0. The van der Waals surface area contributed by atoms with E-state index >= 15 is 0 Å². The molecule has 0 aliphatic carbocycles. The fraction of sp³-hybridized carbons (Fsp3) is 0.462. The first-order valence-corrected chi connectivity index (χ1v) is 11.2. The van der Waals surface area contributed by atoms with Gasteiger partial charge in [-0.1, -0.05) is 44.2 Å². The summed E-state index contributed by atoms with van der Waals surface area (Å²) in [5.41, 5.74) is -0.0243. The van der Waals surface area contributed by atoms with E-state index in [0.717, 1.165) is 6.42 Å². The number of hydrogen-bond acceptors (Lipinski definition) is 4. The third-order valence-corrected chi connectivity index (χ3v) is 5.17. The van der Waals surface area contributed by atoms with Crippen molar-refractivity contribution in [3.8, 4) is 11.5 Å². The number of carbonyl (C=O) groups excluding carboxylic acids is 2. The monoisotopic (exact) mass is 438 g/mol. The van der Waals surface area contributed by atoms with Gasteiger partial charge in [-0.3, -0.25) is 4.79 Å². The topological polar surface area (TPSA) is 59.1 Å². The van der Waals surface area contributed by atoms with Crippen molar-refractivity contribution in [3.63, 3.8) is 0 Å². The first-order valence-electron chi connectivity index (χ1n) is 11.2. The number of para-hydroxylation sites is 2. The molecule has 6 heteroatoms. The predicted octanol–water partition coefficient (Wildman–Crippen LogP) is 5.59. The number of amides is 2. The molecular weight excluding hydrogens is 404 g/mol. The fourth-order valence-corrected chi connectivity index (χ4v) is 3.78. The van der Waals surface area contributed by atoms with E-state index in [1.165, 1.54) is 0 Å². The smallest absolute Gasteiger partial charge is 0.410 e. The third kappa shape index (κ3) is 6.25. The average molecular weight is 439 g/mol. The van der Waals surface area contributed by atoms with Gasteiger partial charge in [0.15, 0.2) is 0 Å². The van der Waals surface area contributed by atoms with Crippen LogP contribution in [-0.4, -0.2) is 53.1 Å². The lowest BCUT2D eigenvalue weighted by atomic mass is 10.1. The Bertz CT molecular complexity index is 921. The van der Waals surface area contributed by atoms with Gasteiger partial charge in [0.05, 0.1) is 11.6 Å². The molecule has 0 bridgehead atoms. The van der Waals surface area contributed by atoms with Crippen LogP contribution >= 0.6 is 0 Å². The second kappa shape index (κ2) is 10.1. The highest BCUT2D eigenvalue weighted by molar-refractivity contribution is 5.97. The zero-order chi connectivity index (χ0) is 23.3. The number of nitrogens with zero attached hydrogens (tertiary/aromatic N) is 2. The zero-order valence-electron chi connectivity index (χ0n) is 19.7. The lowest BCUT2D eigenvalue weighted by molar-refractivity contribution is 0.0273. The lowest BCUT2D eigenvalue weighted by Gasteiger charge is -2.31. The summed E-state index contributed by atoms with van der Waals surface area (Å²) in [6.45, 7) is 11.4. The molecule has 32 heavy (non-hydrogen) atoms. The first-order chi connectivity index (χ1) is 15.1. The Labute approximate surface area is 191 Å². The molecule has 0 aromatic heterocycles. The molecule has 0 spiro atoms. The molecule has 0 saturated carbocycles. The molecule has 172 valence electrons. The molecule has 2 amide bonds. The van der Waals surface area contributed by atoms with Crippen LogP contribution < -0.4 is 4.74 Å². The Balaban J connectivity index is 1.80. The normalized spacial score (nSPS) is 16.2. The van der Waals surface area contributed by atoms with Crippen LogP contribution in [0.1, 0.15) is 51.4 Å². The number of rotatable bonds is 6. The molecule has 2 aromatic carbocycles. The van der Waals surface area contributed by atoms with Crippen molar-refractivity contribution in [3.05, 3.63) is 60.2 Å². The minimum Gasteiger partial charge on any atom is -0.457 e. The maximum Gasteiger partial charge on any atom is 0.410 e. The summed E-state index contributed by atoms with van der Waals surface area (Å²) in [7, 11) is 0. The molecule has 3 rings (SSSR count). The van der Waals surface area contributed by atoms with E-state index in [9.17, 15) is 9.59 Å². The molecule has 2 aromatic rings. The van der Waals surface area contributed by atoms with Crippen molar-refractivity contribution < 1.29 is 19.1 Å². The minimum atomic E-state index is -0.545. The van der Waals surface area contributed by atoms with Crippen LogP contribution in [-0.2, 0) is 4.74 Å². The van der Waals surface area contributed by atoms with Gasteiger partial charge in [0.25, 0.3) is 5.91 Å². The molecule has 0 unspecified atom stereocenters. The van der Waals surface area contributed by atoms with Crippen LogP contribution in [0.25, 0.3) is 0 Å². The van der Waals surface area contributed by atoms with Gasteiger partial charge in [0.2, 0.25) is 0 Å². The molecule has 6 nitrogen and oxygen atoms in total. The highest BCUT2D eigenvalue weighted by atomic mass is 16.6. The van der Waals surface area contributed by atoms with E-state index < -0.39 is 5.60 Å². The minimum absolute atomic E-state index is 0.0674. The van der Waals surface area contributed by atoms with Crippen molar-refractivity contribution in [2.75, 3.05) is 19.6 Å². The summed E-state index contributed by atoms with van der Waals surface area (Å²) in [6.07, 6.45) is 0.393. The van der Waals surface area contributed by atoms with Crippen LogP contribution in [0.4, 0.5) is 4.79 Å². The number of carbonyl (C=O) groups is 2. The summed E-state index contributed by atoms with van der Waals surface area (Å²) in [5, 5.41) is 0. The van der Waals surface area contributed by atoms with Gasteiger partial charge in [-0.05, 0) is 57.4 Å². The van der Waals surface area contributed by atoms with Crippen molar-refractivity contribution in [1.29, 1.82) is 0 Å². The van der Waals surface area contributed by atoms with Gasteiger partial charge >= 0.3 is 6.09 Å². The zero-order valence-corrected chi connectivity index (χ0v) is 19.7. The summed E-state index contributed by atoms with van der Waals surface area (Å²) < 4.78 is 11.6. The Morgan fingerprint density at radius 2 is 1.72 bits per heavy atom. The number of likely N-dealkylation sites (tertiary alicyclic amines) is 1. The summed E-state index contributed by atoms with van der Waals surface area (Å²) in [6, 6.07) is 16.7. The largest absolute Gasteiger partial charge is 0.457 e. The maximum atomic E-state index is 13.7. The second-order valence-electron chi connectivity index (χ2n) is 9.63. The average Bonchev–Trinajstić information content (AvgIpc) is 3.22. The van der Waals surface area contributed by atoms with E-state index in [-0.39, 0.29) is 24.0 Å². The van der Waals surface area contributed by atoms with Crippen molar-refractivity contribution >= 4 is 12.0 Å². The van der Waals surface area contributed by atoms with Gasteiger partial charge in [0.1, 0.15) is 17.1 Å². The second-order valence-corrected chi connectivity index (χ2v) is 9.63. The molecule has 0 radical (unpaired) electrons. The summed E-state index contributed by atoms with van der Waals surface area (Å²) in [4.78, 5) is 29.8. The van der Waals surface area contributed by atoms with E-state index in [0.29, 0.717) is 36.7 Å². The molecular formula is C26H34N2O4. The van der Waals surface area contributed by atoms with Gasteiger partial charge in [-0.25, -0.2) is 4.79 Å². The predicted molar refractivity (Wildman–Crippen MR) is 125 cm³/mol. The lowest BCUT2D eigenvalue weighted by Crippen LogP contribution is -2.45. The van der Waals surface area contributed by atoms with Gasteiger partial charge < -0.3 is 19.3 Å². The Hall–Kier alpha value is -3.02. The molecule has 1 fully saturated rings. The summed E-state index contributed by atoms with van der Waals surface area (Å²) in [5.74, 6) is 1.41. The SMILES string of the molecule is CC(C)CN(C(=O)c1ccccc1Oc1ccccc1)[C@H]1CCN(C(=O)OC(C)(C)C)C1.